The molecule has 0 saturated heterocycles. The fourth-order valence-corrected chi connectivity index (χ4v) is 4.22. The zero-order valence-electron chi connectivity index (χ0n) is 14.4. The molecule has 0 spiro atoms. The number of fused-ring (bicyclic) bond motifs is 1. The molecule has 1 aliphatic heterocycles. The smallest absolute Gasteiger partial charge is 0.249 e. The Bertz CT molecular complexity index is 800. The Morgan fingerprint density at radius 1 is 1.28 bits per heavy atom. The molecule has 0 unspecified atom stereocenters. The highest BCUT2D eigenvalue weighted by atomic mass is 79.9. The number of anilines is 2. The van der Waals surface area contributed by atoms with Crippen LogP contribution < -0.4 is 9.80 Å². The first-order chi connectivity index (χ1) is 12.1. The quantitative estimate of drug-likeness (QED) is 0.786. The summed E-state index contributed by atoms with van der Waals surface area (Å²) in [7, 11) is 1.81. The molecule has 2 aromatic heterocycles. The minimum Gasteiger partial charge on any atom is -0.340 e. The van der Waals surface area contributed by atoms with E-state index in [1.54, 1.807) is 22.0 Å². The second kappa shape index (κ2) is 6.40. The van der Waals surface area contributed by atoms with Crippen molar-refractivity contribution in [1.29, 1.82) is 0 Å². The van der Waals surface area contributed by atoms with Crippen molar-refractivity contribution in [2.45, 2.75) is 51.1 Å². The van der Waals surface area contributed by atoms with Crippen molar-refractivity contribution in [2.75, 3.05) is 16.8 Å². The fraction of sp³-hybridized carbons (Fsp3) is 0.529. The molecule has 25 heavy (non-hydrogen) atoms. The lowest BCUT2D eigenvalue weighted by atomic mass is 10.0. The Balaban J connectivity index is 1.84. The van der Waals surface area contributed by atoms with E-state index in [0.29, 0.717) is 12.0 Å². The SMILES string of the molecule is CC[C@@H]1C(=O)N(C)c2cnc(-n3cnc(Br)c3)nc2N1C1CCCC1. The highest BCUT2D eigenvalue weighted by Crippen LogP contribution is 2.39. The molecule has 132 valence electrons. The van der Waals surface area contributed by atoms with Crippen LogP contribution >= 0.6 is 15.9 Å². The molecule has 8 heteroatoms. The molecule has 0 bridgehead atoms. The van der Waals surface area contributed by atoms with Crippen molar-refractivity contribution in [1.82, 2.24) is 19.5 Å². The molecule has 0 aromatic carbocycles. The van der Waals surface area contributed by atoms with E-state index < -0.39 is 0 Å². The second-order valence-electron chi connectivity index (χ2n) is 6.65. The summed E-state index contributed by atoms with van der Waals surface area (Å²) in [5.41, 5.74) is 0.782. The third-order valence-electron chi connectivity index (χ3n) is 5.18. The van der Waals surface area contributed by atoms with E-state index in [2.05, 4.69) is 37.7 Å². The zero-order chi connectivity index (χ0) is 17.6. The van der Waals surface area contributed by atoms with Gasteiger partial charge in [-0.2, -0.15) is 4.98 Å². The average Bonchev–Trinajstić information content (AvgIpc) is 3.29. The van der Waals surface area contributed by atoms with E-state index in [0.717, 1.165) is 35.4 Å². The van der Waals surface area contributed by atoms with Crippen LogP contribution in [0.15, 0.2) is 23.3 Å². The van der Waals surface area contributed by atoms with Gasteiger partial charge in [0.2, 0.25) is 11.9 Å². The molecule has 4 rings (SSSR count). The molecule has 0 N–H and O–H groups in total. The number of likely N-dealkylation sites (N-methyl/N-ethyl adjacent to an activating group) is 1. The normalized spacial score (nSPS) is 21.1. The number of imidazole rings is 1. The number of carbonyl (C=O) groups is 1. The fourth-order valence-electron chi connectivity index (χ4n) is 3.91. The molecule has 2 aliphatic rings. The zero-order valence-corrected chi connectivity index (χ0v) is 16.0. The first-order valence-electron chi connectivity index (χ1n) is 8.73. The Kier molecular flexibility index (Phi) is 4.23. The van der Waals surface area contributed by atoms with Gasteiger partial charge in [0.25, 0.3) is 0 Å². The minimum atomic E-state index is -0.155. The van der Waals surface area contributed by atoms with Crippen molar-refractivity contribution >= 4 is 33.3 Å². The van der Waals surface area contributed by atoms with Crippen molar-refractivity contribution < 1.29 is 4.79 Å². The van der Waals surface area contributed by atoms with Gasteiger partial charge >= 0.3 is 0 Å². The molecule has 3 heterocycles. The van der Waals surface area contributed by atoms with Gasteiger partial charge in [0.05, 0.1) is 6.20 Å². The van der Waals surface area contributed by atoms with Crippen LogP contribution in [0.3, 0.4) is 0 Å². The number of halogens is 1. The van der Waals surface area contributed by atoms with E-state index in [4.69, 9.17) is 4.98 Å². The molecular formula is C17H21BrN6O. The number of aromatic nitrogens is 4. The molecule has 1 saturated carbocycles. The number of hydrogen-bond acceptors (Lipinski definition) is 5. The predicted octanol–water partition coefficient (Wildman–Crippen LogP) is 2.93. The van der Waals surface area contributed by atoms with E-state index in [1.807, 2.05) is 13.2 Å². The number of carbonyl (C=O) groups excluding carboxylic acids is 1. The summed E-state index contributed by atoms with van der Waals surface area (Å²) in [6.45, 7) is 2.07. The summed E-state index contributed by atoms with van der Waals surface area (Å²) < 4.78 is 2.52. The summed E-state index contributed by atoms with van der Waals surface area (Å²) in [4.78, 5) is 30.3. The van der Waals surface area contributed by atoms with E-state index in [-0.39, 0.29) is 11.9 Å². The Labute approximate surface area is 155 Å². The number of rotatable bonds is 3. The van der Waals surface area contributed by atoms with Gasteiger partial charge in [-0.15, -0.1) is 0 Å². The van der Waals surface area contributed by atoms with Crippen molar-refractivity contribution in [3.63, 3.8) is 0 Å². The van der Waals surface area contributed by atoms with E-state index in [9.17, 15) is 4.79 Å². The molecule has 2 aromatic rings. The van der Waals surface area contributed by atoms with Crippen LogP contribution in [0, 0.1) is 0 Å². The third kappa shape index (κ3) is 2.72. The van der Waals surface area contributed by atoms with Crippen molar-refractivity contribution in [3.05, 3.63) is 23.3 Å². The van der Waals surface area contributed by atoms with Crippen LogP contribution in [0.2, 0.25) is 0 Å². The molecule has 1 fully saturated rings. The highest BCUT2D eigenvalue weighted by Gasteiger charge is 2.41. The van der Waals surface area contributed by atoms with Crippen molar-refractivity contribution in [3.8, 4) is 5.95 Å². The van der Waals surface area contributed by atoms with Crippen LogP contribution in [-0.4, -0.2) is 44.6 Å². The average molecular weight is 405 g/mol. The van der Waals surface area contributed by atoms with Crippen LogP contribution in [-0.2, 0) is 4.79 Å². The van der Waals surface area contributed by atoms with Gasteiger partial charge in [-0.1, -0.05) is 19.8 Å². The van der Waals surface area contributed by atoms with Gasteiger partial charge in [0.15, 0.2) is 5.82 Å². The monoisotopic (exact) mass is 404 g/mol. The Hall–Kier alpha value is -1.96. The molecule has 1 atom stereocenters. The summed E-state index contributed by atoms with van der Waals surface area (Å²) in [5.74, 6) is 1.55. The predicted molar refractivity (Wildman–Crippen MR) is 99.1 cm³/mol. The lowest BCUT2D eigenvalue weighted by molar-refractivity contribution is -0.120. The maximum atomic E-state index is 12.9. The van der Waals surface area contributed by atoms with Gasteiger partial charge in [-0.05, 0) is 35.2 Å². The first-order valence-corrected chi connectivity index (χ1v) is 9.52. The van der Waals surface area contributed by atoms with Crippen LogP contribution in [0.1, 0.15) is 39.0 Å². The van der Waals surface area contributed by atoms with Crippen LogP contribution in [0.4, 0.5) is 11.5 Å². The van der Waals surface area contributed by atoms with Gasteiger partial charge < -0.3 is 9.80 Å². The summed E-state index contributed by atoms with van der Waals surface area (Å²) >= 11 is 3.36. The molecule has 1 aliphatic carbocycles. The molecular weight excluding hydrogens is 384 g/mol. The highest BCUT2D eigenvalue weighted by molar-refractivity contribution is 9.10. The topological polar surface area (TPSA) is 67.2 Å². The molecule has 7 nitrogen and oxygen atoms in total. The van der Waals surface area contributed by atoms with E-state index in [1.165, 1.54) is 12.8 Å². The first kappa shape index (κ1) is 16.5. The Morgan fingerprint density at radius 3 is 2.68 bits per heavy atom. The van der Waals surface area contributed by atoms with Gasteiger partial charge in [0, 0.05) is 19.3 Å². The maximum Gasteiger partial charge on any atom is 0.249 e. The van der Waals surface area contributed by atoms with Gasteiger partial charge in [-0.25, -0.2) is 9.97 Å². The lowest BCUT2D eigenvalue weighted by Crippen LogP contribution is -2.55. The second-order valence-corrected chi connectivity index (χ2v) is 7.46. The number of amides is 1. The standard InChI is InChI=1S/C17H21BrN6O/c1-3-12-16(25)22(2)13-8-19-17(23-9-14(18)20-10-23)21-15(13)24(12)11-6-4-5-7-11/h8-12H,3-7H2,1-2H3/t12-/m1/s1. The number of hydrogen-bond donors (Lipinski definition) is 0. The lowest BCUT2D eigenvalue weighted by Gasteiger charge is -2.43. The van der Waals surface area contributed by atoms with Crippen LogP contribution in [0.5, 0.6) is 0 Å². The van der Waals surface area contributed by atoms with Gasteiger partial charge in [0.1, 0.15) is 22.7 Å². The summed E-state index contributed by atoms with van der Waals surface area (Å²) in [5, 5.41) is 0. The van der Waals surface area contributed by atoms with E-state index >= 15 is 0 Å². The van der Waals surface area contributed by atoms with Gasteiger partial charge in [-0.3, -0.25) is 9.36 Å². The summed E-state index contributed by atoms with van der Waals surface area (Å²) in [6.07, 6.45) is 10.7. The summed E-state index contributed by atoms with van der Waals surface area (Å²) in [6, 6.07) is 0.219. The molecule has 0 radical (unpaired) electrons. The van der Waals surface area contributed by atoms with Crippen molar-refractivity contribution in [2.24, 2.45) is 0 Å². The van der Waals surface area contributed by atoms with Crippen LogP contribution in [0.25, 0.3) is 5.95 Å². The molecule has 1 amide bonds. The third-order valence-corrected chi connectivity index (χ3v) is 5.59. The number of nitrogens with zero attached hydrogens (tertiary/aromatic N) is 6. The largest absolute Gasteiger partial charge is 0.340 e. The minimum absolute atomic E-state index is 0.128. The maximum absolute atomic E-state index is 12.9. The Morgan fingerprint density at radius 2 is 2.04 bits per heavy atom.